The molecule has 0 radical (unpaired) electrons. The number of thiocarbonyl (C=S) groups is 1. The van der Waals surface area contributed by atoms with Crippen molar-refractivity contribution in [1.29, 1.82) is 0 Å². The zero-order valence-corrected chi connectivity index (χ0v) is 11.3. The topological polar surface area (TPSA) is 48.1 Å². The molecule has 0 saturated carbocycles. The van der Waals surface area contributed by atoms with Crippen LogP contribution in [0.4, 0.5) is 0 Å². The molecule has 1 aromatic carbocycles. The quantitative estimate of drug-likeness (QED) is 0.874. The number of nitrogens with two attached hydrogens (primary N) is 1. The summed E-state index contributed by atoms with van der Waals surface area (Å²) in [6, 6.07) is 9.02. The number of halogens is 1. The molecule has 0 atom stereocenters. The van der Waals surface area contributed by atoms with Gasteiger partial charge in [0.05, 0.1) is 10.6 Å². The number of rotatable bonds is 3. The predicted molar refractivity (Wildman–Crippen MR) is 76.4 cm³/mol. The molecule has 2 aromatic rings. The van der Waals surface area contributed by atoms with Crippen LogP contribution in [0.25, 0.3) is 0 Å². The molecule has 92 valence electrons. The molecule has 2 N–H and O–H groups in total. The van der Waals surface area contributed by atoms with Gasteiger partial charge in [0, 0.05) is 6.20 Å². The van der Waals surface area contributed by atoms with E-state index in [0.717, 1.165) is 5.56 Å². The predicted octanol–water partition coefficient (Wildman–Crippen LogP) is 3.47. The molecule has 0 saturated heterocycles. The summed E-state index contributed by atoms with van der Waals surface area (Å²) < 4.78 is 5.67. The lowest BCUT2D eigenvalue weighted by Crippen LogP contribution is -2.11. The Kier molecular flexibility index (Phi) is 3.79. The fourth-order valence-electron chi connectivity index (χ4n) is 1.45. The number of hydrogen-bond donors (Lipinski definition) is 1. The van der Waals surface area contributed by atoms with Crippen LogP contribution in [0.15, 0.2) is 36.5 Å². The lowest BCUT2D eigenvalue weighted by molar-refractivity contribution is 0.462. The Balaban J connectivity index is 2.40. The van der Waals surface area contributed by atoms with Crippen LogP contribution in [-0.2, 0) is 0 Å². The van der Waals surface area contributed by atoms with Gasteiger partial charge in [-0.3, -0.25) is 0 Å². The van der Waals surface area contributed by atoms with Gasteiger partial charge < -0.3 is 10.5 Å². The number of nitrogens with zero attached hydrogens (tertiary/aromatic N) is 1. The fraction of sp³-hybridized carbons (Fsp3) is 0.0769. The maximum Gasteiger partial charge on any atom is 0.229 e. The lowest BCUT2D eigenvalue weighted by atomic mass is 10.2. The van der Waals surface area contributed by atoms with Gasteiger partial charge in [-0.05, 0) is 36.8 Å². The first-order valence-electron chi connectivity index (χ1n) is 5.27. The van der Waals surface area contributed by atoms with Crippen LogP contribution < -0.4 is 10.5 Å². The summed E-state index contributed by atoms with van der Waals surface area (Å²) in [6.07, 6.45) is 1.61. The molecule has 0 fully saturated rings. The minimum atomic E-state index is 0.238. The highest BCUT2D eigenvalue weighted by Crippen LogP contribution is 2.30. The van der Waals surface area contributed by atoms with Crippen LogP contribution in [0.1, 0.15) is 11.1 Å². The number of aromatic nitrogens is 1. The minimum Gasteiger partial charge on any atom is -0.437 e. The Morgan fingerprint density at radius 3 is 2.89 bits per heavy atom. The Labute approximate surface area is 116 Å². The Hall–Kier alpha value is -1.65. The maximum atomic E-state index is 6.06. The van der Waals surface area contributed by atoms with Gasteiger partial charge in [0.1, 0.15) is 10.7 Å². The molecule has 0 spiro atoms. The van der Waals surface area contributed by atoms with Gasteiger partial charge in [-0.2, -0.15) is 0 Å². The summed E-state index contributed by atoms with van der Waals surface area (Å²) >= 11 is 11.0. The normalized spacial score (nSPS) is 10.1. The van der Waals surface area contributed by atoms with E-state index in [1.807, 2.05) is 19.1 Å². The van der Waals surface area contributed by atoms with Crippen LogP contribution >= 0.6 is 23.8 Å². The van der Waals surface area contributed by atoms with Crippen molar-refractivity contribution in [2.45, 2.75) is 6.92 Å². The van der Waals surface area contributed by atoms with Gasteiger partial charge in [-0.1, -0.05) is 29.9 Å². The molecule has 0 amide bonds. The summed E-state index contributed by atoms with van der Waals surface area (Å²) in [7, 11) is 0. The molecule has 0 unspecified atom stereocenters. The van der Waals surface area contributed by atoms with Gasteiger partial charge in [0.15, 0.2) is 0 Å². The molecule has 5 heteroatoms. The first kappa shape index (κ1) is 12.8. The van der Waals surface area contributed by atoms with Crippen LogP contribution in [0.5, 0.6) is 11.6 Å². The van der Waals surface area contributed by atoms with E-state index in [1.165, 1.54) is 0 Å². The second kappa shape index (κ2) is 5.33. The van der Waals surface area contributed by atoms with E-state index in [1.54, 1.807) is 24.4 Å². The average molecular weight is 279 g/mol. The Bertz CT molecular complexity index is 601. The van der Waals surface area contributed by atoms with Gasteiger partial charge >= 0.3 is 0 Å². The second-order valence-electron chi connectivity index (χ2n) is 3.76. The zero-order chi connectivity index (χ0) is 13.1. The van der Waals surface area contributed by atoms with Crippen molar-refractivity contribution in [3.8, 4) is 11.6 Å². The molecule has 1 heterocycles. The first-order valence-corrected chi connectivity index (χ1v) is 6.05. The second-order valence-corrected chi connectivity index (χ2v) is 4.60. The SMILES string of the molecule is Cc1ccc(Cl)c(Oc2ncccc2C(N)=S)c1. The molecule has 0 aliphatic carbocycles. The van der Waals surface area contributed by atoms with Gasteiger partial charge in [0.25, 0.3) is 0 Å². The van der Waals surface area contributed by atoms with E-state index in [9.17, 15) is 0 Å². The summed E-state index contributed by atoms with van der Waals surface area (Å²) in [5.41, 5.74) is 7.25. The van der Waals surface area contributed by atoms with Crippen LogP contribution in [-0.4, -0.2) is 9.97 Å². The van der Waals surface area contributed by atoms with Crippen molar-refractivity contribution in [2.75, 3.05) is 0 Å². The molecule has 1 aromatic heterocycles. The van der Waals surface area contributed by atoms with E-state index in [-0.39, 0.29) is 4.99 Å². The van der Waals surface area contributed by atoms with E-state index in [4.69, 9.17) is 34.3 Å². The highest BCUT2D eigenvalue weighted by atomic mass is 35.5. The van der Waals surface area contributed by atoms with Crippen molar-refractivity contribution >= 4 is 28.8 Å². The Morgan fingerprint density at radius 1 is 1.39 bits per heavy atom. The van der Waals surface area contributed by atoms with Crippen molar-refractivity contribution in [3.63, 3.8) is 0 Å². The molecule has 18 heavy (non-hydrogen) atoms. The summed E-state index contributed by atoms with van der Waals surface area (Å²) in [5.74, 6) is 0.894. The highest BCUT2D eigenvalue weighted by Gasteiger charge is 2.10. The number of aryl methyl sites for hydroxylation is 1. The van der Waals surface area contributed by atoms with Crippen LogP contribution in [0.2, 0.25) is 5.02 Å². The largest absolute Gasteiger partial charge is 0.437 e. The maximum absolute atomic E-state index is 6.06. The lowest BCUT2D eigenvalue weighted by Gasteiger charge is -2.10. The van der Waals surface area contributed by atoms with E-state index in [2.05, 4.69) is 4.98 Å². The van der Waals surface area contributed by atoms with Gasteiger partial charge in [-0.15, -0.1) is 0 Å². The van der Waals surface area contributed by atoms with Crippen molar-refractivity contribution in [1.82, 2.24) is 4.98 Å². The number of benzene rings is 1. The van der Waals surface area contributed by atoms with Crippen molar-refractivity contribution in [2.24, 2.45) is 5.73 Å². The molecule has 3 nitrogen and oxygen atoms in total. The third-order valence-corrected chi connectivity index (χ3v) is 2.86. The molecule has 0 bridgehead atoms. The molecule has 2 rings (SSSR count). The average Bonchev–Trinajstić information content (AvgIpc) is 2.34. The first-order chi connectivity index (χ1) is 8.58. The number of pyridine rings is 1. The molecular formula is C13H11ClN2OS. The standard InChI is InChI=1S/C13H11ClN2OS/c1-8-4-5-10(14)11(7-8)17-13-9(12(15)18)3-2-6-16-13/h2-7H,1H3,(H2,15,18). The van der Waals surface area contributed by atoms with Crippen LogP contribution in [0.3, 0.4) is 0 Å². The monoisotopic (exact) mass is 278 g/mol. The minimum absolute atomic E-state index is 0.238. The van der Waals surface area contributed by atoms with Crippen molar-refractivity contribution in [3.05, 3.63) is 52.7 Å². The third-order valence-electron chi connectivity index (χ3n) is 2.33. The summed E-state index contributed by atoms with van der Waals surface area (Å²) in [5, 5.41) is 0.514. The Morgan fingerprint density at radius 2 is 2.17 bits per heavy atom. The molecular weight excluding hydrogens is 268 g/mol. The molecule has 0 aliphatic rings. The summed E-state index contributed by atoms with van der Waals surface area (Å²) in [6.45, 7) is 1.95. The fourth-order valence-corrected chi connectivity index (χ4v) is 1.76. The van der Waals surface area contributed by atoms with Crippen molar-refractivity contribution < 1.29 is 4.74 Å². The summed E-state index contributed by atoms with van der Waals surface area (Å²) in [4.78, 5) is 4.36. The van der Waals surface area contributed by atoms with E-state index >= 15 is 0 Å². The number of ether oxygens (including phenoxy) is 1. The number of hydrogen-bond acceptors (Lipinski definition) is 3. The third kappa shape index (κ3) is 2.78. The molecule has 0 aliphatic heterocycles. The smallest absolute Gasteiger partial charge is 0.229 e. The highest BCUT2D eigenvalue weighted by molar-refractivity contribution is 7.80. The van der Waals surface area contributed by atoms with E-state index < -0.39 is 0 Å². The van der Waals surface area contributed by atoms with Crippen LogP contribution in [0, 0.1) is 6.92 Å². The van der Waals surface area contributed by atoms with Gasteiger partial charge in [-0.25, -0.2) is 4.98 Å². The zero-order valence-electron chi connectivity index (χ0n) is 9.68. The van der Waals surface area contributed by atoms with Gasteiger partial charge in [0.2, 0.25) is 5.88 Å². The van der Waals surface area contributed by atoms with E-state index in [0.29, 0.717) is 22.2 Å².